The number of aliphatic imine (C=N–C) groups is 1. The number of ether oxygens (including phenoxy) is 1. The summed E-state index contributed by atoms with van der Waals surface area (Å²) in [4.78, 5) is 16.2. The molecule has 0 amide bonds. The van der Waals surface area contributed by atoms with Crippen LogP contribution in [-0.2, 0) is 11.3 Å². The van der Waals surface area contributed by atoms with Gasteiger partial charge in [0.2, 0.25) is 0 Å². The summed E-state index contributed by atoms with van der Waals surface area (Å²) >= 11 is 0. The highest BCUT2D eigenvalue weighted by Crippen LogP contribution is 2.14. The fourth-order valence-electron chi connectivity index (χ4n) is 3.57. The van der Waals surface area contributed by atoms with Gasteiger partial charge in [0.25, 0.3) is 0 Å². The molecule has 0 spiro atoms. The fourth-order valence-corrected chi connectivity index (χ4v) is 3.57. The van der Waals surface area contributed by atoms with Crippen molar-refractivity contribution in [1.29, 1.82) is 0 Å². The van der Waals surface area contributed by atoms with Crippen LogP contribution in [0.15, 0.2) is 23.3 Å². The largest absolute Gasteiger partial charge is 0.379 e. The zero-order valence-electron chi connectivity index (χ0n) is 17.8. The summed E-state index contributed by atoms with van der Waals surface area (Å²) in [5, 5.41) is 6.75. The van der Waals surface area contributed by atoms with E-state index in [1.807, 2.05) is 6.20 Å². The number of hydrogen-bond donors (Lipinski definition) is 2. The van der Waals surface area contributed by atoms with Gasteiger partial charge in [-0.25, -0.2) is 4.98 Å². The molecule has 3 heterocycles. The van der Waals surface area contributed by atoms with Gasteiger partial charge in [0.05, 0.1) is 13.2 Å². The number of guanidine groups is 1. The van der Waals surface area contributed by atoms with Crippen molar-refractivity contribution in [3.63, 3.8) is 0 Å². The molecular weight excluding hydrogens is 481 g/mol. The third-order valence-corrected chi connectivity index (χ3v) is 5.46. The second-order valence-corrected chi connectivity index (χ2v) is 7.25. The molecule has 0 unspecified atom stereocenters. The highest BCUT2D eigenvalue weighted by atomic mass is 127. The predicted octanol–water partition coefficient (Wildman–Crippen LogP) is 0.839. The van der Waals surface area contributed by atoms with Gasteiger partial charge in [-0.15, -0.1) is 24.0 Å². The van der Waals surface area contributed by atoms with Crippen molar-refractivity contribution in [2.24, 2.45) is 4.99 Å². The van der Waals surface area contributed by atoms with Crippen LogP contribution in [0.1, 0.15) is 12.5 Å². The van der Waals surface area contributed by atoms with Crippen LogP contribution in [0.4, 0.5) is 5.82 Å². The number of aromatic nitrogens is 1. The van der Waals surface area contributed by atoms with E-state index in [9.17, 15) is 0 Å². The number of hydrogen-bond acceptors (Lipinski definition) is 6. The zero-order valence-corrected chi connectivity index (χ0v) is 20.1. The fraction of sp³-hybridized carbons (Fsp3) is 0.700. The second kappa shape index (κ2) is 13.2. The molecule has 29 heavy (non-hydrogen) atoms. The molecule has 8 nitrogen and oxygen atoms in total. The van der Waals surface area contributed by atoms with Gasteiger partial charge in [0, 0.05) is 72.1 Å². The van der Waals surface area contributed by atoms with E-state index < -0.39 is 0 Å². The van der Waals surface area contributed by atoms with Crippen molar-refractivity contribution >= 4 is 35.8 Å². The van der Waals surface area contributed by atoms with Crippen molar-refractivity contribution in [2.75, 3.05) is 84.1 Å². The van der Waals surface area contributed by atoms with Crippen LogP contribution in [0.2, 0.25) is 0 Å². The number of piperazine rings is 1. The first kappa shape index (κ1) is 24.1. The van der Waals surface area contributed by atoms with Crippen molar-refractivity contribution in [3.8, 4) is 0 Å². The Hall–Kier alpha value is -1.17. The lowest BCUT2D eigenvalue weighted by atomic mass is 10.2. The monoisotopic (exact) mass is 517 g/mol. The van der Waals surface area contributed by atoms with Crippen LogP contribution in [-0.4, -0.2) is 99.9 Å². The molecule has 2 aliphatic rings. The van der Waals surface area contributed by atoms with Gasteiger partial charge < -0.3 is 25.2 Å². The standard InChI is InChI=1S/C20H35N7O.HI/c1-3-25-8-10-27(11-9-25)19-5-4-18(16-23-19)17-24-20(21-2)22-6-7-26-12-14-28-15-13-26;/h4-5,16H,3,6-15,17H2,1-2H3,(H2,21,22,24);1H. The Morgan fingerprint density at radius 3 is 2.45 bits per heavy atom. The van der Waals surface area contributed by atoms with Gasteiger partial charge in [0.15, 0.2) is 5.96 Å². The Labute approximate surface area is 192 Å². The Kier molecular flexibility index (Phi) is 11.0. The molecule has 0 aliphatic carbocycles. The number of likely N-dealkylation sites (N-methyl/N-ethyl adjacent to an activating group) is 1. The maximum Gasteiger partial charge on any atom is 0.191 e. The van der Waals surface area contributed by atoms with Crippen LogP contribution in [0, 0.1) is 0 Å². The molecule has 164 valence electrons. The summed E-state index contributed by atoms with van der Waals surface area (Å²) in [6.07, 6.45) is 1.97. The van der Waals surface area contributed by atoms with E-state index in [-0.39, 0.29) is 24.0 Å². The molecule has 0 aromatic carbocycles. The van der Waals surface area contributed by atoms with Crippen LogP contribution in [0.25, 0.3) is 0 Å². The molecule has 0 bridgehead atoms. The van der Waals surface area contributed by atoms with Crippen molar-refractivity contribution in [3.05, 3.63) is 23.9 Å². The van der Waals surface area contributed by atoms with Gasteiger partial charge in [0.1, 0.15) is 5.82 Å². The summed E-state index contributed by atoms with van der Waals surface area (Å²) in [7, 11) is 1.81. The van der Waals surface area contributed by atoms with E-state index in [0.717, 1.165) is 89.5 Å². The average Bonchev–Trinajstić information content (AvgIpc) is 2.77. The summed E-state index contributed by atoms with van der Waals surface area (Å²) in [6.45, 7) is 14.0. The highest BCUT2D eigenvalue weighted by Gasteiger charge is 2.16. The maximum atomic E-state index is 5.38. The molecule has 0 saturated carbocycles. The smallest absolute Gasteiger partial charge is 0.191 e. The number of nitrogens with one attached hydrogen (secondary N) is 2. The molecule has 3 rings (SSSR count). The Balaban J connectivity index is 0.00000300. The van der Waals surface area contributed by atoms with E-state index in [1.165, 1.54) is 0 Å². The Morgan fingerprint density at radius 2 is 1.83 bits per heavy atom. The normalized spacial score (nSPS) is 19.0. The van der Waals surface area contributed by atoms with Crippen molar-refractivity contribution in [1.82, 2.24) is 25.4 Å². The minimum atomic E-state index is 0. The van der Waals surface area contributed by atoms with E-state index in [1.54, 1.807) is 7.05 Å². The Morgan fingerprint density at radius 1 is 1.07 bits per heavy atom. The van der Waals surface area contributed by atoms with Crippen molar-refractivity contribution in [2.45, 2.75) is 13.5 Å². The van der Waals surface area contributed by atoms with Crippen LogP contribution in [0.3, 0.4) is 0 Å². The zero-order chi connectivity index (χ0) is 19.6. The molecule has 1 aromatic rings. The number of halogens is 1. The average molecular weight is 517 g/mol. The second-order valence-electron chi connectivity index (χ2n) is 7.25. The quantitative estimate of drug-likeness (QED) is 0.316. The molecule has 0 radical (unpaired) electrons. The first-order valence-corrected chi connectivity index (χ1v) is 10.5. The summed E-state index contributed by atoms with van der Waals surface area (Å²) < 4.78 is 5.38. The lowest BCUT2D eigenvalue weighted by Gasteiger charge is -2.34. The highest BCUT2D eigenvalue weighted by molar-refractivity contribution is 14.0. The van der Waals surface area contributed by atoms with E-state index >= 15 is 0 Å². The maximum absolute atomic E-state index is 5.38. The number of nitrogens with zero attached hydrogens (tertiary/aromatic N) is 5. The first-order valence-electron chi connectivity index (χ1n) is 10.5. The summed E-state index contributed by atoms with van der Waals surface area (Å²) in [5.74, 6) is 1.90. The molecular formula is C20H36IN7O. The number of morpholine rings is 1. The topological polar surface area (TPSA) is 68.3 Å². The molecule has 1 aromatic heterocycles. The molecule has 2 fully saturated rings. The molecule has 2 N–H and O–H groups in total. The van der Waals surface area contributed by atoms with E-state index in [4.69, 9.17) is 4.74 Å². The van der Waals surface area contributed by atoms with E-state index in [0.29, 0.717) is 6.54 Å². The summed E-state index contributed by atoms with van der Waals surface area (Å²) in [5.41, 5.74) is 1.16. The number of rotatable bonds is 7. The molecule has 9 heteroatoms. The van der Waals surface area contributed by atoms with Crippen LogP contribution >= 0.6 is 24.0 Å². The van der Waals surface area contributed by atoms with Crippen LogP contribution < -0.4 is 15.5 Å². The van der Waals surface area contributed by atoms with Gasteiger partial charge in [-0.1, -0.05) is 13.0 Å². The predicted molar refractivity (Wildman–Crippen MR) is 129 cm³/mol. The van der Waals surface area contributed by atoms with Crippen molar-refractivity contribution < 1.29 is 4.74 Å². The minimum absolute atomic E-state index is 0. The van der Waals surface area contributed by atoms with Gasteiger partial charge in [-0.2, -0.15) is 0 Å². The SMILES string of the molecule is CCN1CCN(c2ccc(CNC(=NC)NCCN3CCOCC3)cn2)CC1.I. The summed E-state index contributed by atoms with van der Waals surface area (Å²) in [6, 6.07) is 4.29. The van der Waals surface area contributed by atoms with Gasteiger partial charge in [-0.05, 0) is 18.2 Å². The lowest BCUT2D eigenvalue weighted by molar-refractivity contribution is 0.0389. The third-order valence-electron chi connectivity index (χ3n) is 5.46. The molecule has 2 saturated heterocycles. The van der Waals surface area contributed by atoms with Gasteiger partial charge >= 0.3 is 0 Å². The minimum Gasteiger partial charge on any atom is -0.379 e. The van der Waals surface area contributed by atoms with Crippen LogP contribution in [0.5, 0.6) is 0 Å². The Bertz CT molecular complexity index is 599. The number of anilines is 1. The lowest BCUT2D eigenvalue weighted by Crippen LogP contribution is -2.46. The molecule has 0 atom stereocenters. The first-order chi connectivity index (χ1) is 13.8. The molecule has 2 aliphatic heterocycles. The van der Waals surface area contributed by atoms with Gasteiger partial charge in [-0.3, -0.25) is 9.89 Å². The third kappa shape index (κ3) is 7.88. The number of pyridine rings is 1. The van der Waals surface area contributed by atoms with E-state index in [2.05, 4.69) is 54.4 Å².